The number of hydrogen-bond donors (Lipinski definition) is 1. The second-order valence-corrected chi connectivity index (χ2v) is 8.81. The number of hydrogen-bond acceptors (Lipinski definition) is 6. The van der Waals surface area contributed by atoms with Gasteiger partial charge in [-0.15, -0.1) is 0 Å². The van der Waals surface area contributed by atoms with Gasteiger partial charge >= 0.3 is 0 Å². The Kier molecular flexibility index (Phi) is 4.63. The van der Waals surface area contributed by atoms with Crippen molar-refractivity contribution in [2.75, 3.05) is 11.0 Å². The summed E-state index contributed by atoms with van der Waals surface area (Å²) in [6.45, 7) is 1.50. The molecule has 0 heterocycles. The summed E-state index contributed by atoms with van der Waals surface area (Å²) >= 11 is 0. The van der Waals surface area contributed by atoms with E-state index in [1.54, 1.807) is 0 Å². The van der Waals surface area contributed by atoms with Crippen LogP contribution < -0.4 is 4.72 Å². The Hall–Kier alpha value is -2.46. The molecule has 0 aliphatic heterocycles. The van der Waals surface area contributed by atoms with Crippen LogP contribution in [0, 0.1) is 17.0 Å². The number of nitro groups is 1. The number of nitro benzene ring substituents is 1. The molecular formula is C14H14N2O6S2. The highest BCUT2D eigenvalue weighted by atomic mass is 32.2. The van der Waals surface area contributed by atoms with Crippen LogP contribution in [-0.2, 0) is 19.9 Å². The van der Waals surface area contributed by atoms with Gasteiger partial charge in [0.15, 0.2) is 9.84 Å². The standard InChI is InChI=1S/C14H14N2O6S2/c1-10-6-7-13(9-14(10)16(17)18)24(21,22)15-11-4-3-5-12(8-11)23(2,19)20/h3-9,15H,1-2H3. The zero-order valence-corrected chi connectivity index (χ0v) is 14.4. The van der Waals surface area contributed by atoms with Crippen LogP contribution in [0.15, 0.2) is 52.3 Å². The first-order valence-electron chi connectivity index (χ1n) is 6.59. The zero-order valence-electron chi connectivity index (χ0n) is 12.8. The minimum absolute atomic E-state index is 0.0427. The summed E-state index contributed by atoms with van der Waals surface area (Å²) in [5, 5.41) is 10.9. The predicted octanol–water partition coefficient (Wildman–Crippen LogP) is 2.11. The lowest BCUT2D eigenvalue weighted by Crippen LogP contribution is -2.13. The van der Waals surface area contributed by atoms with E-state index in [1.165, 1.54) is 43.3 Å². The van der Waals surface area contributed by atoms with Gasteiger partial charge in [-0.05, 0) is 31.2 Å². The minimum atomic E-state index is -4.10. The molecule has 0 bridgehead atoms. The van der Waals surface area contributed by atoms with Gasteiger partial charge in [-0.25, -0.2) is 16.8 Å². The SMILES string of the molecule is Cc1ccc(S(=O)(=O)Nc2cccc(S(C)(=O)=O)c2)cc1[N+](=O)[O-]. The molecule has 0 fully saturated rings. The maximum absolute atomic E-state index is 12.4. The third-order valence-electron chi connectivity index (χ3n) is 3.20. The Morgan fingerprint density at radius 3 is 2.25 bits per heavy atom. The first kappa shape index (κ1) is 17.9. The molecule has 1 N–H and O–H groups in total. The van der Waals surface area contributed by atoms with Crippen molar-refractivity contribution in [2.24, 2.45) is 0 Å². The fraction of sp³-hybridized carbons (Fsp3) is 0.143. The van der Waals surface area contributed by atoms with E-state index < -0.39 is 24.8 Å². The van der Waals surface area contributed by atoms with Crippen LogP contribution in [0.3, 0.4) is 0 Å². The summed E-state index contributed by atoms with van der Waals surface area (Å²) in [4.78, 5) is 9.94. The van der Waals surface area contributed by atoms with Crippen molar-refractivity contribution in [3.63, 3.8) is 0 Å². The Bertz CT molecular complexity index is 1010. The molecule has 2 rings (SSSR count). The maximum Gasteiger partial charge on any atom is 0.273 e. The highest BCUT2D eigenvalue weighted by Gasteiger charge is 2.20. The number of sulfonamides is 1. The molecule has 0 saturated heterocycles. The minimum Gasteiger partial charge on any atom is -0.280 e. The Labute approximate surface area is 139 Å². The highest BCUT2D eigenvalue weighted by Crippen LogP contribution is 2.24. The predicted molar refractivity (Wildman–Crippen MR) is 88.2 cm³/mol. The summed E-state index contributed by atoms with van der Waals surface area (Å²) in [6, 6.07) is 8.82. The molecule has 0 unspecified atom stereocenters. The fourth-order valence-electron chi connectivity index (χ4n) is 1.96. The number of nitrogens with one attached hydrogen (secondary N) is 1. The molecule has 128 valence electrons. The van der Waals surface area contributed by atoms with E-state index >= 15 is 0 Å². The number of nitrogens with zero attached hydrogens (tertiary/aromatic N) is 1. The van der Waals surface area contributed by atoms with Crippen LogP contribution in [0.1, 0.15) is 5.56 Å². The van der Waals surface area contributed by atoms with E-state index in [-0.39, 0.29) is 21.2 Å². The second-order valence-electron chi connectivity index (χ2n) is 5.11. The highest BCUT2D eigenvalue weighted by molar-refractivity contribution is 7.92. The van der Waals surface area contributed by atoms with E-state index in [4.69, 9.17) is 0 Å². The number of sulfone groups is 1. The summed E-state index contributed by atoms with van der Waals surface area (Å²) in [5.41, 5.74) is 0.0574. The van der Waals surface area contributed by atoms with E-state index in [9.17, 15) is 26.9 Å². The van der Waals surface area contributed by atoms with E-state index in [0.29, 0.717) is 5.56 Å². The molecule has 10 heteroatoms. The van der Waals surface area contributed by atoms with E-state index in [2.05, 4.69) is 4.72 Å². The number of aryl methyl sites for hydroxylation is 1. The number of benzene rings is 2. The normalized spacial score (nSPS) is 11.9. The molecule has 0 aromatic heterocycles. The van der Waals surface area contributed by atoms with Gasteiger partial charge in [-0.2, -0.15) is 0 Å². The quantitative estimate of drug-likeness (QED) is 0.635. The van der Waals surface area contributed by atoms with Crippen molar-refractivity contribution in [1.82, 2.24) is 0 Å². The van der Waals surface area contributed by atoms with Crippen LogP contribution >= 0.6 is 0 Å². The summed E-state index contributed by atoms with van der Waals surface area (Å²) in [7, 11) is -7.59. The summed E-state index contributed by atoms with van der Waals surface area (Å²) in [6.07, 6.45) is 1.00. The van der Waals surface area contributed by atoms with Gasteiger partial charge in [-0.3, -0.25) is 14.8 Å². The summed E-state index contributed by atoms with van der Waals surface area (Å²) in [5.74, 6) is 0. The molecule has 8 nitrogen and oxygen atoms in total. The third kappa shape index (κ3) is 3.89. The van der Waals surface area contributed by atoms with E-state index in [0.717, 1.165) is 12.3 Å². The third-order valence-corrected chi connectivity index (χ3v) is 5.69. The lowest BCUT2D eigenvalue weighted by Gasteiger charge is -2.09. The van der Waals surface area contributed by atoms with Crippen LogP contribution in [0.25, 0.3) is 0 Å². The zero-order chi connectivity index (χ0) is 18.1. The van der Waals surface area contributed by atoms with Crippen LogP contribution in [0.2, 0.25) is 0 Å². The Balaban J connectivity index is 2.43. The van der Waals surface area contributed by atoms with Crippen molar-refractivity contribution < 1.29 is 21.8 Å². The van der Waals surface area contributed by atoms with Crippen molar-refractivity contribution in [2.45, 2.75) is 16.7 Å². The average molecular weight is 370 g/mol. The largest absolute Gasteiger partial charge is 0.280 e. The smallest absolute Gasteiger partial charge is 0.273 e. The molecule has 0 amide bonds. The topological polar surface area (TPSA) is 123 Å². The molecule has 0 aliphatic rings. The Morgan fingerprint density at radius 2 is 1.67 bits per heavy atom. The molecule has 2 aromatic rings. The molecule has 2 aromatic carbocycles. The first-order chi connectivity index (χ1) is 11.0. The van der Waals surface area contributed by atoms with Gasteiger partial charge < -0.3 is 0 Å². The number of rotatable bonds is 5. The molecule has 0 aliphatic carbocycles. The van der Waals surface area contributed by atoms with Crippen LogP contribution in [0.4, 0.5) is 11.4 Å². The van der Waals surface area contributed by atoms with Gasteiger partial charge in [0.25, 0.3) is 15.7 Å². The summed E-state index contributed by atoms with van der Waals surface area (Å²) < 4.78 is 50.0. The van der Waals surface area contributed by atoms with Crippen molar-refractivity contribution in [3.05, 3.63) is 58.1 Å². The van der Waals surface area contributed by atoms with Gasteiger partial charge in [0.1, 0.15) is 0 Å². The fourth-order valence-corrected chi connectivity index (χ4v) is 3.69. The van der Waals surface area contributed by atoms with Crippen LogP contribution in [-0.4, -0.2) is 28.0 Å². The molecular weight excluding hydrogens is 356 g/mol. The van der Waals surface area contributed by atoms with Crippen LogP contribution in [0.5, 0.6) is 0 Å². The lowest BCUT2D eigenvalue weighted by molar-refractivity contribution is -0.385. The van der Waals surface area contributed by atoms with Crippen molar-refractivity contribution in [1.29, 1.82) is 0 Å². The average Bonchev–Trinajstić information content (AvgIpc) is 2.46. The Morgan fingerprint density at radius 1 is 1.00 bits per heavy atom. The van der Waals surface area contributed by atoms with Crippen molar-refractivity contribution >= 4 is 31.2 Å². The van der Waals surface area contributed by atoms with E-state index in [1.807, 2.05) is 0 Å². The number of anilines is 1. The molecule has 0 radical (unpaired) electrons. The van der Waals surface area contributed by atoms with Crippen molar-refractivity contribution in [3.8, 4) is 0 Å². The maximum atomic E-state index is 12.4. The second kappa shape index (κ2) is 6.21. The lowest BCUT2D eigenvalue weighted by atomic mass is 10.2. The van der Waals surface area contributed by atoms with Gasteiger partial charge in [0.05, 0.1) is 20.4 Å². The van der Waals surface area contributed by atoms with Gasteiger partial charge in [0, 0.05) is 17.9 Å². The molecule has 0 spiro atoms. The molecule has 0 atom stereocenters. The monoisotopic (exact) mass is 370 g/mol. The molecule has 24 heavy (non-hydrogen) atoms. The first-order valence-corrected chi connectivity index (χ1v) is 9.96. The molecule has 0 saturated carbocycles. The van der Waals surface area contributed by atoms with Gasteiger partial charge in [0.2, 0.25) is 0 Å². The van der Waals surface area contributed by atoms with Gasteiger partial charge in [-0.1, -0.05) is 12.1 Å².